The molecule has 17 heavy (non-hydrogen) atoms. The number of hydrogen-bond acceptors (Lipinski definition) is 5. The van der Waals surface area contributed by atoms with Gasteiger partial charge in [0.1, 0.15) is 5.78 Å². The minimum Gasteiger partial charge on any atom is -0.300 e. The van der Waals surface area contributed by atoms with Gasteiger partial charge in [-0.25, -0.2) is 0 Å². The molecule has 1 heterocycles. The van der Waals surface area contributed by atoms with Gasteiger partial charge in [-0.15, -0.1) is 0 Å². The molecule has 1 aliphatic rings. The van der Waals surface area contributed by atoms with Crippen molar-refractivity contribution in [2.24, 2.45) is 0 Å². The molecule has 0 aromatic carbocycles. The number of likely N-dealkylation sites (tertiary alicyclic amines) is 1. The summed E-state index contributed by atoms with van der Waals surface area (Å²) >= 11 is 0. The van der Waals surface area contributed by atoms with Gasteiger partial charge >= 0.3 is 0 Å². The fraction of sp³-hybridized carbons (Fsp3) is 0.667. The number of carbonyl (C=O) groups excluding carboxylic acids is 3. The highest BCUT2D eigenvalue weighted by Gasteiger charge is 2.42. The van der Waals surface area contributed by atoms with Crippen LogP contribution in [-0.4, -0.2) is 40.8 Å². The van der Waals surface area contributed by atoms with Crippen LogP contribution in [-0.2, 0) is 24.5 Å². The van der Waals surface area contributed by atoms with E-state index in [0.29, 0.717) is 4.90 Å². The zero-order valence-corrected chi connectivity index (χ0v) is 10.1. The lowest BCUT2D eigenvalue weighted by atomic mass is 10.2. The number of nitrogens with zero attached hydrogens (tertiary/aromatic N) is 1. The molecule has 2 amide bonds. The van der Waals surface area contributed by atoms with Crippen LogP contribution in [0.4, 0.5) is 0 Å². The fourth-order valence-electron chi connectivity index (χ4n) is 1.58. The van der Waals surface area contributed by atoms with E-state index in [9.17, 15) is 22.8 Å². The summed E-state index contributed by atoms with van der Waals surface area (Å²) in [6.07, 6.45) is -0.675. The number of rotatable bonds is 5. The molecule has 8 heteroatoms. The first-order valence-electron chi connectivity index (χ1n) is 5.10. The zero-order chi connectivity index (χ0) is 13.2. The molecule has 1 rings (SSSR count). The molecule has 1 unspecified atom stereocenters. The summed E-state index contributed by atoms with van der Waals surface area (Å²) in [5.74, 6) is -1.80. The lowest BCUT2D eigenvalue weighted by Gasteiger charge is -2.22. The lowest BCUT2D eigenvalue weighted by Crippen LogP contribution is -2.45. The van der Waals surface area contributed by atoms with E-state index in [4.69, 9.17) is 4.55 Å². The molecule has 1 atom stereocenters. The van der Waals surface area contributed by atoms with E-state index in [1.807, 2.05) is 0 Å². The molecule has 7 nitrogen and oxygen atoms in total. The van der Waals surface area contributed by atoms with Crippen molar-refractivity contribution in [2.45, 2.75) is 38.0 Å². The monoisotopic (exact) mass is 263 g/mol. The lowest BCUT2D eigenvalue weighted by molar-refractivity contribution is -0.139. The minimum atomic E-state index is -4.66. The Labute approximate surface area is 98.5 Å². The summed E-state index contributed by atoms with van der Waals surface area (Å²) < 4.78 is 31.2. The van der Waals surface area contributed by atoms with Gasteiger partial charge < -0.3 is 0 Å². The number of Topliss-reactive ketones (excluding diaryl/α,β-unsaturated/α-hetero) is 1. The minimum absolute atomic E-state index is 0.0717. The molecule has 1 N–H and O–H groups in total. The van der Waals surface area contributed by atoms with Crippen LogP contribution in [0.5, 0.6) is 0 Å². The normalized spacial score (nSPS) is 18.6. The summed E-state index contributed by atoms with van der Waals surface area (Å²) in [5, 5.41) is -1.78. The Morgan fingerprint density at radius 2 is 1.82 bits per heavy atom. The van der Waals surface area contributed by atoms with Crippen LogP contribution < -0.4 is 0 Å². The molecule has 0 spiro atoms. The van der Waals surface area contributed by atoms with Crippen LogP contribution in [0.25, 0.3) is 0 Å². The van der Waals surface area contributed by atoms with Gasteiger partial charge in [-0.05, 0) is 0 Å². The van der Waals surface area contributed by atoms with Gasteiger partial charge in [0, 0.05) is 25.7 Å². The smallest absolute Gasteiger partial charge is 0.287 e. The van der Waals surface area contributed by atoms with Gasteiger partial charge in [-0.1, -0.05) is 6.92 Å². The predicted molar refractivity (Wildman–Crippen MR) is 56.3 cm³/mol. The van der Waals surface area contributed by atoms with Crippen molar-refractivity contribution in [3.63, 3.8) is 0 Å². The number of hydrogen-bond donors (Lipinski definition) is 1. The Bertz CT molecular complexity index is 438. The van der Waals surface area contributed by atoms with Crippen molar-refractivity contribution >= 4 is 27.7 Å². The third-order valence-corrected chi connectivity index (χ3v) is 3.58. The number of ketones is 1. The number of carbonyl (C=O) groups is 3. The zero-order valence-electron chi connectivity index (χ0n) is 9.25. The van der Waals surface area contributed by atoms with E-state index in [1.54, 1.807) is 0 Å². The second-order valence-electron chi connectivity index (χ2n) is 3.72. The van der Waals surface area contributed by atoms with Crippen LogP contribution in [0, 0.1) is 0 Å². The predicted octanol–water partition coefficient (Wildman–Crippen LogP) is -0.281. The van der Waals surface area contributed by atoms with E-state index < -0.39 is 39.5 Å². The van der Waals surface area contributed by atoms with Crippen molar-refractivity contribution in [2.75, 3.05) is 0 Å². The summed E-state index contributed by atoms with van der Waals surface area (Å²) in [5.41, 5.74) is 0. The van der Waals surface area contributed by atoms with Crippen LogP contribution in [0.2, 0.25) is 0 Å². The van der Waals surface area contributed by atoms with Gasteiger partial charge in [0.2, 0.25) is 11.8 Å². The number of imide groups is 1. The first-order valence-corrected chi connectivity index (χ1v) is 6.60. The van der Waals surface area contributed by atoms with Gasteiger partial charge in [0.25, 0.3) is 10.1 Å². The van der Waals surface area contributed by atoms with E-state index in [0.717, 1.165) is 0 Å². The molecule has 1 fully saturated rings. The molecule has 1 saturated heterocycles. The fourth-order valence-corrected chi connectivity index (χ4v) is 2.48. The van der Waals surface area contributed by atoms with Crippen molar-refractivity contribution in [3.05, 3.63) is 0 Å². The Hall–Kier alpha value is -1.28. The molecule has 0 bridgehead atoms. The largest absolute Gasteiger partial charge is 0.300 e. The average molecular weight is 263 g/mol. The SMILES string of the molecule is CCC(=O)CC(N1C(=O)CCC1=O)S(=O)(=O)O. The highest BCUT2D eigenvalue weighted by atomic mass is 32.2. The van der Waals surface area contributed by atoms with Crippen molar-refractivity contribution in [1.82, 2.24) is 4.90 Å². The Morgan fingerprint density at radius 3 is 2.18 bits per heavy atom. The van der Waals surface area contributed by atoms with Gasteiger partial charge in [0.05, 0.1) is 0 Å². The maximum absolute atomic E-state index is 11.4. The Kier molecular flexibility index (Phi) is 3.99. The third-order valence-electron chi connectivity index (χ3n) is 2.52. The highest BCUT2D eigenvalue weighted by Crippen LogP contribution is 2.21. The summed E-state index contributed by atoms with van der Waals surface area (Å²) in [6.45, 7) is 1.52. The number of amides is 2. The molecular formula is C9H13NO6S. The summed E-state index contributed by atoms with van der Waals surface area (Å²) in [4.78, 5) is 34.4. The van der Waals surface area contributed by atoms with Crippen molar-refractivity contribution in [3.8, 4) is 0 Å². The molecule has 0 saturated carbocycles. The molecule has 0 aromatic heterocycles. The van der Waals surface area contributed by atoms with Crippen LogP contribution >= 0.6 is 0 Å². The molecule has 96 valence electrons. The molecule has 0 radical (unpaired) electrons. The highest BCUT2D eigenvalue weighted by molar-refractivity contribution is 7.86. The van der Waals surface area contributed by atoms with E-state index in [1.165, 1.54) is 6.92 Å². The van der Waals surface area contributed by atoms with Crippen LogP contribution in [0.15, 0.2) is 0 Å². The molecule has 0 aromatic rings. The van der Waals surface area contributed by atoms with E-state index in [-0.39, 0.29) is 19.3 Å². The standard InChI is InChI=1S/C9H13NO6S/c1-2-6(11)5-9(17(14,15)16)10-7(12)3-4-8(10)13/h9H,2-5H2,1H3,(H,14,15,16). The Morgan fingerprint density at radius 1 is 1.35 bits per heavy atom. The third kappa shape index (κ3) is 3.10. The van der Waals surface area contributed by atoms with Gasteiger partial charge in [-0.2, -0.15) is 8.42 Å². The van der Waals surface area contributed by atoms with E-state index >= 15 is 0 Å². The van der Waals surface area contributed by atoms with Crippen molar-refractivity contribution in [1.29, 1.82) is 0 Å². The van der Waals surface area contributed by atoms with Crippen LogP contribution in [0.3, 0.4) is 0 Å². The molecule has 1 aliphatic heterocycles. The topological polar surface area (TPSA) is 109 Å². The van der Waals surface area contributed by atoms with E-state index in [2.05, 4.69) is 0 Å². The van der Waals surface area contributed by atoms with Gasteiger partial charge in [-0.3, -0.25) is 23.8 Å². The molecule has 0 aliphatic carbocycles. The second-order valence-corrected chi connectivity index (χ2v) is 5.30. The first-order chi connectivity index (χ1) is 7.77. The maximum Gasteiger partial charge on any atom is 0.287 e. The van der Waals surface area contributed by atoms with Gasteiger partial charge in [0.15, 0.2) is 5.37 Å². The van der Waals surface area contributed by atoms with Crippen LogP contribution in [0.1, 0.15) is 32.6 Å². The summed E-state index contributed by atoms with van der Waals surface area (Å²) in [7, 11) is -4.66. The quantitative estimate of drug-likeness (QED) is 0.539. The Balaban J connectivity index is 3.03. The summed E-state index contributed by atoms with van der Waals surface area (Å²) in [6, 6.07) is 0. The maximum atomic E-state index is 11.4. The first kappa shape index (κ1) is 13.8. The molecular weight excluding hydrogens is 250 g/mol. The average Bonchev–Trinajstić information content (AvgIpc) is 2.53. The van der Waals surface area contributed by atoms with Crippen molar-refractivity contribution < 1.29 is 27.4 Å². The second kappa shape index (κ2) is 4.92.